The fraction of sp³-hybridized carbons (Fsp3) is 0.250. The zero-order chi connectivity index (χ0) is 13.2. The summed E-state index contributed by atoms with van der Waals surface area (Å²) < 4.78 is 19.0. The number of aryl methyl sites for hydroxylation is 1. The van der Waals surface area contributed by atoms with Crippen molar-refractivity contribution in [2.24, 2.45) is 0 Å². The molecule has 1 unspecified atom stereocenters. The van der Waals surface area contributed by atoms with E-state index in [1.807, 2.05) is 12.1 Å². The Hall–Kier alpha value is -2.03. The Balaban J connectivity index is 1.87. The summed E-state index contributed by atoms with van der Waals surface area (Å²) in [5, 5.41) is 3.29. The van der Waals surface area contributed by atoms with Crippen molar-refractivity contribution in [1.82, 2.24) is 0 Å². The Morgan fingerprint density at radius 3 is 2.89 bits per heavy atom. The third-order valence-corrected chi connectivity index (χ3v) is 3.64. The molecule has 1 N–H and O–H groups in total. The molecule has 1 aliphatic rings. The molecule has 0 aromatic heterocycles. The van der Waals surface area contributed by atoms with Crippen LogP contribution in [0.25, 0.3) is 0 Å². The number of hydrogen-bond donors (Lipinski definition) is 1. The van der Waals surface area contributed by atoms with Gasteiger partial charge in [0.25, 0.3) is 0 Å². The van der Waals surface area contributed by atoms with Gasteiger partial charge in [0.2, 0.25) is 0 Å². The second-order valence-corrected chi connectivity index (χ2v) is 4.78. The molecule has 0 saturated carbocycles. The Morgan fingerprint density at radius 2 is 2.05 bits per heavy atom. The molecule has 19 heavy (non-hydrogen) atoms. The van der Waals surface area contributed by atoms with Crippen molar-refractivity contribution in [3.05, 3.63) is 59.4 Å². The van der Waals surface area contributed by atoms with Crippen LogP contribution in [0.1, 0.15) is 23.6 Å². The van der Waals surface area contributed by atoms with Crippen molar-refractivity contribution < 1.29 is 9.13 Å². The molecular formula is C16H16FNO. The van der Waals surface area contributed by atoms with Crippen LogP contribution in [0.2, 0.25) is 0 Å². The molecular weight excluding hydrogens is 241 g/mol. The zero-order valence-corrected chi connectivity index (χ0v) is 10.8. The molecule has 1 atom stereocenters. The van der Waals surface area contributed by atoms with Crippen molar-refractivity contribution in [3.63, 3.8) is 0 Å². The van der Waals surface area contributed by atoms with Crippen molar-refractivity contribution in [2.45, 2.75) is 18.9 Å². The summed E-state index contributed by atoms with van der Waals surface area (Å²) in [6.45, 7) is 0. The minimum absolute atomic E-state index is 0.179. The molecule has 0 saturated heterocycles. The van der Waals surface area contributed by atoms with E-state index in [2.05, 4.69) is 17.4 Å². The van der Waals surface area contributed by atoms with Gasteiger partial charge in [-0.15, -0.1) is 0 Å². The van der Waals surface area contributed by atoms with Crippen molar-refractivity contribution in [3.8, 4) is 5.75 Å². The van der Waals surface area contributed by atoms with Crippen LogP contribution in [-0.2, 0) is 6.42 Å². The van der Waals surface area contributed by atoms with Gasteiger partial charge < -0.3 is 10.1 Å². The highest BCUT2D eigenvalue weighted by molar-refractivity contribution is 5.52. The van der Waals surface area contributed by atoms with E-state index in [4.69, 9.17) is 4.74 Å². The molecule has 0 heterocycles. The molecule has 0 amide bonds. The highest BCUT2D eigenvalue weighted by Crippen LogP contribution is 2.34. The van der Waals surface area contributed by atoms with E-state index < -0.39 is 0 Å². The number of fused-ring (bicyclic) bond motifs is 1. The summed E-state index contributed by atoms with van der Waals surface area (Å²) >= 11 is 0. The lowest BCUT2D eigenvalue weighted by atomic mass is 10.1. The normalized spacial score (nSPS) is 17.1. The first-order chi connectivity index (χ1) is 9.28. The van der Waals surface area contributed by atoms with Gasteiger partial charge in [0.05, 0.1) is 18.8 Å². The molecule has 1 aliphatic carbocycles. The van der Waals surface area contributed by atoms with Gasteiger partial charge in [-0.05, 0) is 36.1 Å². The van der Waals surface area contributed by atoms with E-state index in [0.717, 1.165) is 12.8 Å². The fourth-order valence-electron chi connectivity index (χ4n) is 2.64. The van der Waals surface area contributed by atoms with Gasteiger partial charge in [0.1, 0.15) is 11.6 Å². The molecule has 0 fully saturated rings. The average molecular weight is 257 g/mol. The minimum Gasteiger partial charge on any atom is -0.497 e. The van der Waals surface area contributed by atoms with Crippen LogP contribution in [0.4, 0.5) is 10.1 Å². The van der Waals surface area contributed by atoms with E-state index in [9.17, 15) is 4.39 Å². The van der Waals surface area contributed by atoms with Gasteiger partial charge >= 0.3 is 0 Å². The average Bonchev–Trinajstić information content (AvgIpc) is 2.85. The van der Waals surface area contributed by atoms with Crippen LogP contribution in [-0.4, -0.2) is 7.11 Å². The van der Waals surface area contributed by atoms with Crippen molar-refractivity contribution >= 4 is 5.69 Å². The predicted molar refractivity (Wildman–Crippen MR) is 74.1 cm³/mol. The number of hydrogen-bond acceptors (Lipinski definition) is 2. The Labute approximate surface area is 112 Å². The van der Waals surface area contributed by atoms with Crippen LogP contribution in [0.3, 0.4) is 0 Å². The lowest BCUT2D eigenvalue weighted by molar-refractivity contribution is 0.414. The van der Waals surface area contributed by atoms with Crippen LogP contribution >= 0.6 is 0 Å². The maximum Gasteiger partial charge on any atom is 0.146 e. The highest BCUT2D eigenvalue weighted by Gasteiger charge is 2.22. The number of ether oxygens (including phenoxy) is 1. The molecule has 3 rings (SSSR count). The highest BCUT2D eigenvalue weighted by atomic mass is 19.1. The number of anilines is 1. The first kappa shape index (κ1) is 12.0. The molecule has 3 heteroatoms. The predicted octanol–water partition coefficient (Wildman–Crippen LogP) is 3.93. The van der Waals surface area contributed by atoms with Gasteiger partial charge in [-0.25, -0.2) is 4.39 Å². The number of nitrogens with one attached hydrogen (secondary N) is 1. The number of benzene rings is 2. The Morgan fingerprint density at radius 1 is 1.21 bits per heavy atom. The second-order valence-electron chi connectivity index (χ2n) is 4.78. The zero-order valence-electron chi connectivity index (χ0n) is 10.8. The van der Waals surface area contributed by atoms with Gasteiger partial charge in [-0.1, -0.05) is 24.3 Å². The number of methoxy groups -OCH3 is 1. The first-order valence-electron chi connectivity index (χ1n) is 6.46. The summed E-state index contributed by atoms with van der Waals surface area (Å²) in [4.78, 5) is 0. The molecule has 0 spiro atoms. The van der Waals surface area contributed by atoms with E-state index in [-0.39, 0.29) is 11.9 Å². The lowest BCUT2D eigenvalue weighted by Crippen LogP contribution is -2.08. The summed E-state index contributed by atoms with van der Waals surface area (Å²) in [6, 6.07) is 13.3. The SMILES string of the molecule is COc1ccc(F)c(NC2CCc3ccccc32)c1. The van der Waals surface area contributed by atoms with Gasteiger partial charge in [0.15, 0.2) is 0 Å². The van der Waals surface area contributed by atoms with Crippen molar-refractivity contribution in [1.29, 1.82) is 0 Å². The van der Waals surface area contributed by atoms with Crippen LogP contribution < -0.4 is 10.1 Å². The quantitative estimate of drug-likeness (QED) is 0.899. The third kappa shape index (κ3) is 2.28. The molecule has 2 aromatic carbocycles. The molecule has 0 bridgehead atoms. The second kappa shape index (κ2) is 4.92. The number of rotatable bonds is 3. The molecule has 98 valence electrons. The maximum absolute atomic E-state index is 13.8. The molecule has 2 aromatic rings. The van der Waals surface area contributed by atoms with Crippen molar-refractivity contribution in [2.75, 3.05) is 12.4 Å². The number of halogens is 1. The maximum atomic E-state index is 13.8. The summed E-state index contributed by atoms with van der Waals surface area (Å²) in [5.41, 5.74) is 3.12. The molecule has 0 radical (unpaired) electrons. The van der Waals surface area contributed by atoms with Crippen LogP contribution in [0.5, 0.6) is 5.75 Å². The lowest BCUT2D eigenvalue weighted by Gasteiger charge is -2.16. The topological polar surface area (TPSA) is 21.3 Å². The monoisotopic (exact) mass is 257 g/mol. The van der Waals surface area contributed by atoms with E-state index >= 15 is 0 Å². The van der Waals surface area contributed by atoms with E-state index in [1.54, 1.807) is 19.2 Å². The van der Waals surface area contributed by atoms with Crippen LogP contribution in [0.15, 0.2) is 42.5 Å². The van der Waals surface area contributed by atoms with E-state index in [1.165, 1.54) is 17.2 Å². The standard InChI is InChI=1S/C16H16FNO/c1-19-12-7-8-14(17)16(10-12)18-15-9-6-11-4-2-3-5-13(11)15/h2-5,7-8,10,15,18H,6,9H2,1H3. The summed E-state index contributed by atoms with van der Waals surface area (Å²) in [6.07, 6.45) is 2.04. The third-order valence-electron chi connectivity index (χ3n) is 3.64. The summed E-state index contributed by atoms with van der Waals surface area (Å²) in [5.74, 6) is 0.417. The Bertz CT molecular complexity index is 597. The van der Waals surface area contributed by atoms with E-state index in [0.29, 0.717) is 11.4 Å². The van der Waals surface area contributed by atoms with Crippen LogP contribution in [0, 0.1) is 5.82 Å². The fourth-order valence-corrected chi connectivity index (χ4v) is 2.64. The smallest absolute Gasteiger partial charge is 0.146 e. The summed E-state index contributed by atoms with van der Waals surface area (Å²) in [7, 11) is 1.59. The van der Waals surface area contributed by atoms with Gasteiger partial charge in [-0.2, -0.15) is 0 Å². The molecule has 2 nitrogen and oxygen atoms in total. The molecule has 0 aliphatic heterocycles. The minimum atomic E-state index is -0.245. The Kier molecular flexibility index (Phi) is 3.11. The first-order valence-corrected chi connectivity index (χ1v) is 6.46. The largest absolute Gasteiger partial charge is 0.497 e. The van der Waals surface area contributed by atoms with Gasteiger partial charge in [-0.3, -0.25) is 0 Å². The van der Waals surface area contributed by atoms with Gasteiger partial charge in [0, 0.05) is 6.07 Å².